The van der Waals surface area contributed by atoms with E-state index in [2.05, 4.69) is 5.32 Å². The summed E-state index contributed by atoms with van der Waals surface area (Å²) in [5, 5.41) is 3.00. The zero-order valence-corrected chi connectivity index (χ0v) is 11.9. The van der Waals surface area contributed by atoms with Crippen LogP contribution >= 0.6 is 0 Å². The molecule has 1 atom stereocenters. The number of likely N-dealkylation sites (N-methyl/N-ethyl adjacent to an activating group) is 1. The lowest BCUT2D eigenvalue weighted by molar-refractivity contribution is -0.120. The van der Waals surface area contributed by atoms with E-state index in [9.17, 15) is 4.79 Å². The van der Waals surface area contributed by atoms with Crippen LogP contribution in [0.1, 0.15) is 24.5 Å². The number of nitrogens with zero attached hydrogens (tertiary/aromatic N) is 1. The van der Waals surface area contributed by atoms with Crippen molar-refractivity contribution in [3.63, 3.8) is 0 Å². The van der Waals surface area contributed by atoms with Gasteiger partial charge in [-0.1, -0.05) is 6.92 Å². The predicted octanol–water partition coefficient (Wildman–Crippen LogP) is 2.16. The van der Waals surface area contributed by atoms with Gasteiger partial charge in [-0.05, 0) is 57.6 Å². The SMILES string of the molecule is CCC(C(=O)Nc1c(C)cc(N)cc1C)N(C)C. The summed E-state index contributed by atoms with van der Waals surface area (Å²) in [5.41, 5.74) is 9.36. The van der Waals surface area contributed by atoms with E-state index in [1.165, 1.54) is 0 Å². The molecule has 100 valence electrons. The number of nitrogen functional groups attached to an aromatic ring is 1. The third kappa shape index (κ3) is 3.23. The largest absolute Gasteiger partial charge is 0.399 e. The Morgan fingerprint density at radius 3 is 2.22 bits per heavy atom. The maximum Gasteiger partial charge on any atom is 0.241 e. The van der Waals surface area contributed by atoms with Gasteiger partial charge >= 0.3 is 0 Å². The number of rotatable bonds is 4. The second-order valence-corrected chi connectivity index (χ2v) is 4.91. The highest BCUT2D eigenvalue weighted by atomic mass is 16.2. The van der Waals surface area contributed by atoms with Crippen LogP contribution < -0.4 is 11.1 Å². The molecule has 1 aromatic carbocycles. The summed E-state index contributed by atoms with van der Waals surface area (Å²) >= 11 is 0. The Labute approximate surface area is 109 Å². The molecule has 0 heterocycles. The number of amides is 1. The average Bonchev–Trinajstić information content (AvgIpc) is 2.23. The van der Waals surface area contributed by atoms with Crippen LogP contribution in [0.3, 0.4) is 0 Å². The number of benzene rings is 1. The van der Waals surface area contributed by atoms with Gasteiger partial charge in [-0.3, -0.25) is 9.69 Å². The monoisotopic (exact) mass is 249 g/mol. The minimum atomic E-state index is -0.110. The quantitative estimate of drug-likeness (QED) is 0.804. The number of aryl methyl sites for hydroxylation is 2. The molecule has 4 nitrogen and oxygen atoms in total. The third-order valence-corrected chi connectivity index (χ3v) is 3.12. The van der Waals surface area contributed by atoms with Crippen molar-refractivity contribution in [1.82, 2.24) is 4.90 Å². The first kappa shape index (κ1) is 14.5. The van der Waals surface area contributed by atoms with Gasteiger partial charge in [-0.2, -0.15) is 0 Å². The highest BCUT2D eigenvalue weighted by Crippen LogP contribution is 2.23. The second-order valence-electron chi connectivity index (χ2n) is 4.91. The van der Waals surface area contributed by atoms with E-state index in [1.807, 2.05) is 51.9 Å². The summed E-state index contributed by atoms with van der Waals surface area (Å²) in [6.45, 7) is 5.91. The normalized spacial score (nSPS) is 12.6. The highest BCUT2D eigenvalue weighted by molar-refractivity contribution is 5.96. The Hall–Kier alpha value is -1.55. The Kier molecular flexibility index (Phi) is 4.73. The molecule has 3 N–H and O–H groups in total. The number of hydrogen-bond donors (Lipinski definition) is 2. The number of anilines is 2. The molecule has 18 heavy (non-hydrogen) atoms. The first-order valence-electron chi connectivity index (χ1n) is 6.20. The van der Waals surface area contributed by atoms with Gasteiger partial charge in [-0.25, -0.2) is 0 Å². The maximum atomic E-state index is 12.2. The average molecular weight is 249 g/mol. The maximum absolute atomic E-state index is 12.2. The topological polar surface area (TPSA) is 58.4 Å². The fourth-order valence-corrected chi connectivity index (χ4v) is 2.19. The van der Waals surface area contributed by atoms with E-state index in [1.54, 1.807) is 0 Å². The molecule has 0 aliphatic heterocycles. The first-order valence-corrected chi connectivity index (χ1v) is 6.20. The molecule has 0 aliphatic carbocycles. The van der Waals surface area contributed by atoms with Crippen LogP contribution in [0.25, 0.3) is 0 Å². The summed E-state index contributed by atoms with van der Waals surface area (Å²) in [4.78, 5) is 14.1. The Morgan fingerprint density at radius 2 is 1.83 bits per heavy atom. The lowest BCUT2D eigenvalue weighted by atomic mass is 10.1. The van der Waals surface area contributed by atoms with Crippen molar-refractivity contribution in [3.05, 3.63) is 23.3 Å². The molecule has 1 aromatic rings. The van der Waals surface area contributed by atoms with Crippen LogP contribution in [-0.4, -0.2) is 30.9 Å². The van der Waals surface area contributed by atoms with Crippen molar-refractivity contribution in [2.24, 2.45) is 0 Å². The van der Waals surface area contributed by atoms with Crippen molar-refractivity contribution in [2.45, 2.75) is 33.2 Å². The van der Waals surface area contributed by atoms with Crippen molar-refractivity contribution < 1.29 is 4.79 Å². The Morgan fingerprint density at radius 1 is 1.33 bits per heavy atom. The fraction of sp³-hybridized carbons (Fsp3) is 0.500. The van der Waals surface area contributed by atoms with Crippen LogP contribution in [0.15, 0.2) is 12.1 Å². The minimum Gasteiger partial charge on any atom is -0.399 e. The van der Waals surface area contributed by atoms with E-state index in [4.69, 9.17) is 5.73 Å². The summed E-state index contributed by atoms with van der Waals surface area (Å²) < 4.78 is 0. The predicted molar refractivity (Wildman–Crippen MR) is 76.7 cm³/mol. The number of carbonyl (C=O) groups excluding carboxylic acids is 1. The van der Waals surface area contributed by atoms with Gasteiger partial charge in [0, 0.05) is 11.4 Å². The van der Waals surface area contributed by atoms with E-state index in [0.29, 0.717) is 0 Å². The standard InChI is InChI=1S/C14H23N3O/c1-6-12(17(4)5)14(18)16-13-9(2)7-11(15)8-10(13)3/h7-8,12H,6,15H2,1-5H3,(H,16,18). The van der Waals surface area contributed by atoms with Crippen molar-refractivity contribution in [2.75, 3.05) is 25.1 Å². The zero-order valence-electron chi connectivity index (χ0n) is 11.9. The summed E-state index contributed by atoms with van der Waals surface area (Å²) in [5.74, 6) is 0.0264. The summed E-state index contributed by atoms with van der Waals surface area (Å²) in [6, 6.07) is 3.64. The van der Waals surface area contributed by atoms with Crippen LogP contribution in [0, 0.1) is 13.8 Å². The molecule has 0 bridgehead atoms. The molecule has 0 fully saturated rings. The molecule has 1 amide bonds. The molecule has 0 saturated carbocycles. The van der Waals surface area contributed by atoms with Crippen LogP contribution in [0.4, 0.5) is 11.4 Å². The van der Waals surface area contributed by atoms with Crippen molar-refractivity contribution >= 4 is 17.3 Å². The summed E-state index contributed by atoms with van der Waals surface area (Å²) in [7, 11) is 3.83. The van der Waals surface area contributed by atoms with Crippen LogP contribution in [0.2, 0.25) is 0 Å². The molecule has 1 rings (SSSR count). The second kappa shape index (κ2) is 5.87. The smallest absolute Gasteiger partial charge is 0.241 e. The fourth-order valence-electron chi connectivity index (χ4n) is 2.19. The van der Waals surface area contributed by atoms with E-state index in [0.717, 1.165) is 28.9 Å². The van der Waals surface area contributed by atoms with Crippen molar-refractivity contribution in [3.8, 4) is 0 Å². The molecule has 1 unspecified atom stereocenters. The molecule has 0 saturated heterocycles. The molecular weight excluding hydrogens is 226 g/mol. The molecular formula is C14H23N3O. The van der Waals surface area contributed by atoms with E-state index < -0.39 is 0 Å². The number of carbonyl (C=O) groups is 1. The molecule has 0 radical (unpaired) electrons. The third-order valence-electron chi connectivity index (χ3n) is 3.12. The molecule has 4 heteroatoms. The zero-order chi connectivity index (χ0) is 13.9. The van der Waals surface area contributed by atoms with Gasteiger partial charge in [0.15, 0.2) is 0 Å². The minimum absolute atomic E-state index is 0.0264. The first-order chi connectivity index (χ1) is 8.36. The van der Waals surface area contributed by atoms with Gasteiger partial charge in [0.1, 0.15) is 0 Å². The van der Waals surface area contributed by atoms with Gasteiger partial charge in [0.05, 0.1) is 6.04 Å². The Bertz CT molecular complexity index is 418. The summed E-state index contributed by atoms with van der Waals surface area (Å²) in [6.07, 6.45) is 0.784. The lowest BCUT2D eigenvalue weighted by Crippen LogP contribution is -2.39. The van der Waals surface area contributed by atoms with Gasteiger partial charge in [-0.15, -0.1) is 0 Å². The number of nitrogens with two attached hydrogens (primary N) is 1. The Balaban J connectivity index is 2.95. The van der Waals surface area contributed by atoms with Gasteiger partial charge in [0.2, 0.25) is 5.91 Å². The van der Waals surface area contributed by atoms with E-state index in [-0.39, 0.29) is 11.9 Å². The van der Waals surface area contributed by atoms with Crippen LogP contribution in [-0.2, 0) is 4.79 Å². The molecule has 0 spiro atoms. The van der Waals surface area contributed by atoms with Crippen molar-refractivity contribution in [1.29, 1.82) is 0 Å². The van der Waals surface area contributed by atoms with Crippen LogP contribution in [0.5, 0.6) is 0 Å². The lowest BCUT2D eigenvalue weighted by Gasteiger charge is -2.23. The number of nitrogens with one attached hydrogen (secondary N) is 1. The molecule has 0 aromatic heterocycles. The molecule has 0 aliphatic rings. The number of hydrogen-bond acceptors (Lipinski definition) is 3. The highest BCUT2D eigenvalue weighted by Gasteiger charge is 2.19. The van der Waals surface area contributed by atoms with Gasteiger partial charge in [0.25, 0.3) is 0 Å². The van der Waals surface area contributed by atoms with E-state index >= 15 is 0 Å². The van der Waals surface area contributed by atoms with Gasteiger partial charge < -0.3 is 11.1 Å².